The molecule has 6 heteroatoms. The molecule has 2 unspecified atom stereocenters. The van der Waals surface area contributed by atoms with Crippen molar-refractivity contribution in [2.75, 3.05) is 23.8 Å². The Balaban J connectivity index is 1.79. The highest BCUT2D eigenvalue weighted by Gasteiger charge is 2.36. The first-order valence-corrected chi connectivity index (χ1v) is 9.12. The molecule has 2 aliphatic heterocycles. The van der Waals surface area contributed by atoms with Crippen LogP contribution in [0.15, 0.2) is 29.2 Å². The van der Waals surface area contributed by atoms with Gasteiger partial charge in [0.25, 0.3) is 0 Å². The smallest absolute Gasteiger partial charge is 0.305 e. The van der Waals surface area contributed by atoms with Crippen molar-refractivity contribution >= 4 is 35.4 Å². The van der Waals surface area contributed by atoms with Crippen molar-refractivity contribution in [2.45, 2.75) is 23.3 Å². The molecule has 1 saturated heterocycles. The van der Waals surface area contributed by atoms with E-state index in [-0.39, 0.29) is 24.3 Å². The maximum Gasteiger partial charge on any atom is 0.305 e. The Bertz CT molecular complexity index is 564. The highest BCUT2D eigenvalue weighted by Crippen LogP contribution is 2.40. The lowest BCUT2D eigenvalue weighted by atomic mass is 9.98. The summed E-state index contributed by atoms with van der Waals surface area (Å²) in [5.41, 5.74) is 1.10. The van der Waals surface area contributed by atoms with E-state index < -0.39 is 5.97 Å². The topological polar surface area (TPSA) is 57.6 Å². The third-order valence-corrected chi connectivity index (χ3v) is 6.19. The Morgan fingerprint density at radius 3 is 2.90 bits per heavy atom. The number of rotatable bonds is 3. The van der Waals surface area contributed by atoms with Crippen LogP contribution in [0.3, 0.4) is 0 Å². The van der Waals surface area contributed by atoms with Gasteiger partial charge < -0.3 is 10.0 Å². The molecule has 21 heavy (non-hydrogen) atoms. The Hall–Kier alpha value is -1.14. The Kier molecular flexibility index (Phi) is 4.45. The fourth-order valence-electron chi connectivity index (χ4n) is 2.88. The lowest BCUT2D eigenvalue weighted by molar-refractivity contribution is -0.140. The molecule has 0 saturated carbocycles. The number of thioether (sulfide) groups is 2. The van der Waals surface area contributed by atoms with E-state index in [1.807, 2.05) is 24.3 Å². The van der Waals surface area contributed by atoms with Gasteiger partial charge in [-0.3, -0.25) is 9.59 Å². The molecule has 3 rings (SSSR count). The molecule has 0 aromatic heterocycles. The van der Waals surface area contributed by atoms with Gasteiger partial charge in [-0.25, -0.2) is 0 Å². The van der Waals surface area contributed by atoms with Crippen LogP contribution in [0.25, 0.3) is 0 Å². The Morgan fingerprint density at radius 2 is 2.10 bits per heavy atom. The second-order valence-corrected chi connectivity index (χ2v) is 7.47. The molecule has 1 aromatic carbocycles. The number of nitrogens with zero attached hydrogens (tertiary/aromatic N) is 1. The summed E-state index contributed by atoms with van der Waals surface area (Å²) in [6.45, 7) is 0.658. The molecule has 2 aliphatic rings. The van der Waals surface area contributed by atoms with Crippen LogP contribution in [0, 0.1) is 0 Å². The summed E-state index contributed by atoms with van der Waals surface area (Å²) < 4.78 is 0. The average Bonchev–Trinajstić information content (AvgIpc) is 2.90. The van der Waals surface area contributed by atoms with Crippen LogP contribution < -0.4 is 0 Å². The number of amides is 1. The van der Waals surface area contributed by atoms with Crippen molar-refractivity contribution in [3.8, 4) is 0 Å². The molecule has 1 N–H and O–H groups in total. The van der Waals surface area contributed by atoms with Crippen LogP contribution in [0.2, 0.25) is 0 Å². The van der Waals surface area contributed by atoms with Crippen molar-refractivity contribution in [1.82, 2.24) is 4.90 Å². The number of fused-ring (bicyclic) bond motifs is 1. The quantitative estimate of drug-likeness (QED) is 0.925. The van der Waals surface area contributed by atoms with Crippen LogP contribution in [0.5, 0.6) is 0 Å². The molecule has 0 radical (unpaired) electrons. The lowest BCUT2D eigenvalue weighted by Gasteiger charge is -2.36. The summed E-state index contributed by atoms with van der Waals surface area (Å²) in [4.78, 5) is 26.9. The van der Waals surface area contributed by atoms with Gasteiger partial charge in [0.2, 0.25) is 5.91 Å². The van der Waals surface area contributed by atoms with E-state index in [0.717, 1.165) is 22.8 Å². The zero-order chi connectivity index (χ0) is 14.8. The van der Waals surface area contributed by atoms with Gasteiger partial charge in [-0.05, 0) is 11.6 Å². The second-order valence-electron chi connectivity index (χ2n) is 5.26. The zero-order valence-corrected chi connectivity index (χ0v) is 13.2. The van der Waals surface area contributed by atoms with Gasteiger partial charge in [-0.15, -0.1) is 11.8 Å². The van der Waals surface area contributed by atoms with E-state index in [9.17, 15) is 9.59 Å². The molecule has 112 valence electrons. The summed E-state index contributed by atoms with van der Waals surface area (Å²) in [6.07, 6.45) is 0.0419. The van der Waals surface area contributed by atoms with E-state index in [2.05, 4.69) is 0 Å². The Labute approximate surface area is 132 Å². The number of carboxylic acids is 1. The summed E-state index contributed by atoms with van der Waals surface area (Å²) in [5.74, 6) is 1.52. The molecule has 1 amide bonds. The zero-order valence-electron chi connectivity index (χ0n) is 11.5. The minimum atomic E-state index is -0.832. The SMILES string of the molecule is O=C(O)CC1CSCCN1C(=O)C1CSc2ccccc21. The van der Waals surface area contributed by atoms with Crippen LogP contribution in [-0.4, -0.2) is 51.7 Å². The summed E-state index contributed by atoms with van der Waals surface area (Å²) in [5, 5.41) is 9.04. The average molecular weight is 323 g/mol. The van der Waals surface area contributed by atoms with E-state index in [0.29, 0.717) is 6.54 Å². The predicted octanol–water partition coefficient (Wildman–Crippen LogP) is 2.29. The number of carboxylic acid groups (broad SMARTS) is 1. The van der Waals surface area contributed by atoms with Crippen LogP contribution in [0.1, 0.15) is 17.9 Å². The highest BCUT2D eigenvalue weighted by atomic mass is 32.2. The number of carbonyl (C=O) groups excluding carboxylic acids is 1. The Morgan fingerprint density at radius 1 is 1.29 bits per heavy atom. The van der Waals surface area contributed by atoms with E-state index in [1.54, 1.807) is 28.4 Å². The molecule has 2 atom stereocenters. The van der Waals surface area contributed by atoms with Crippen molar-refractivity contribution in [1.29, 1.82) is 0 Å². The highest BCUT2D eigenvalue weighted by molar-refractivity contribution is 7.99. The van der Waals surface area contributed by atoms with Gasteiger partial charge >= 0.3 is 5.97 Å². The molecular formula is C15H17NO3S2. The lowest BCUT2D eigenvalue weighted by Crippen LogP contribution is -2.49. The van der Waals surface area contributed by atoms with E-state index >= 15 is 0 Å². The van der Waals surface area contributed by atoms with Crippen LogP contribution in [0.4, 0.5) is 0 Å². The van der Waals surface area contributed by atoms with Crippen molar-refractivity contribution in [3.05, 3.63) is 29.8 Å². The van der Waals surface area contributed by atoms with Gasteiger partial charge in [0.1, 0.15) is 0 Å². The van der Waals surface area contributed by atoms with E-state index in [1.165, 1.54) is 4.90 Å². The maximum atomic E-state index is 12.9. The fourth-order valence-corrected chi connectivity index (χ4v) is 5.17. The molecule has 0 bridgehead atoms. The number of aliphatic carboxylic acids is 1. The molecule has 1 aromatic rings. The standard InChI is InChI=1S/C15H17NO3S2/c17-14(18)7-10-8-20-6-5-16(10)15(19)12-9-21-13-4-2-1-3-11(12)13/h1-4,10,12H,5-9H2,(H,17,18). The number of hydrogen-bond donors (Lipinski definition) is 1. The normalized spacial score (nSPS) is 24.7. The van der Waals surface area contributed by atoms with Crippen molar-refractivity contribution < 1.29 is 14.7 Å². The molecule has 0 aliphatic carbocycles. The first-order valence-electron chi connectivity index (χ1n) is 6.98. The third kappa shape index (κ3) is 3.06. The molecule has 0 spiro atoms. The molecule has 1 fully saturated rings. The van der Waals surface area contributed by atoms with Gasteiger partial charge in [-0.2, -0.15) is 11.8 Å². The number of benzene rings is 1. The minimum Gasteiger partial charge on any atom is -0.481 e. The first-order chi connectivity index (χ1) is 10.2. The monoisotopic (exact) mass is 323 g/mol. The summed E-state index contributed by atoms with van der Waals surface area (Å²) >= 11 is 3.45. The van der Waals surface area contributed by atoms with Crippen LogP contribution in [-0.2, 0) is 9.59 Å². The first kappa shape index (κ1) is 14.8. The van der Waals surface area contributed by atoms with Gasteiger partial charge in [-0.1, -0.05) is 18.2 Å². The largest absolute Gasteiger partial charge is 0.481 e. The van der Waals surface area contributed by atoms with Gasteiger partial charge in [0.15, 0.2) is 0 Å². The van der Waals surface area contributed by atoms with Gasteiger partial charge in [0.05, 0.1) is 18.4 Å². The second kappa shape index (κ2) is 6.32. The van der Waals surface area contributed by atoms with Crippen LogP contribution >= 0.6 is 23.5 Å². The summed E-state index contributed by atoms with van der Waals surface area (Å²) in [7, 11) is 0. The van der Waals surface area contributed by atoms with Crippen molar-refractivity contribution in [3.63, 3.8) is 0 Å². The maximum absolute atomic E-state index is 12.9. The van der Waals surface area contributed by atoms with Crippen molar-refractivity contribution in [2.24, 2.45) is 0 Å². The molecule has 2 heterocycles. The fraction of sp³-hybridized carbons (Fsp3) is 0.467. The molecule has 4 nitrogen and oxygen atoms in total. The van der Waals surface area contributed by atoms with Gasteiger partial charge in [0, 0.05) is 28.7 Å². The number of hydrogen-bond acceptors (Lipinski definition) is 4. The van der Waals surface area contributed by atoms with E-state index in [4.69, 9.17) is 5.11 Å². The predicted molar refractivity (Wildman–Crippen MR) is 85.0 cm³/mol. The number of carbonyl (C=O) groups is 2. The molecular weight excluding hydrogens is 306 g/mol. The third-order valence-electron chi connectivity index (χ3n) is 3.92. The summed E-state index contributed by atoms with van der Waals surface area (Å²) in [6, 6.07) is 7.85. The minimum absolute atomic E-state index is 0.0419.